The Kier molecular flexibility index (Phi) is 4.22. The van der Waals surface area contributed by atoms with E-state index in [-0.39, 0.29) is 18.2 Å². The van der Waals surface area contributed by atoms with E-state index in [0.29, 0.717) is 17.8 Å². The number of hydrogen-bond acceptors (Lipinski definition) is 4. The molecule has 1 unspecified atom stereocenters. The van der Waals surface area contributed by atoms with Crippen LogP contribution in [0.1, 0.15) is 47.8 Å². The maximum atomic E-state index is 13.7. The van der Waals surface area contributed by atoms with Gasteiger partial charge in [-0.2, -0.15) is 0 Å². The number of carbonyl (C=O) groups is 2. The number of anilines is 1. The van der Waals surface area contributed by atoms with Gasteiger partial charge in [-0.1, -0.05) is 5.16 Å². The molecule has 0 saturated heterocycles. The molecule has 136 valence electrons. The molecule has 2 aliphatic rings. The fourth-order valence-corrected chi connectivity index (χ4v) is 3.79. The molecule has 2 aromatic rings. The zero-order chi connectivity index (χ0) is 18.3. The molecule has 1 aromatic carbocycles. The van der Waals surface area contributed by atoms with Crippen molar-refractivity contribution in [2.24, 2.45) is 0 Å². The predicted octanol–water partition coefficient (Wildman–Crippen LogP) is 2.78. The van der Waals surface area contributed by atoms with Crippen LogP contribution in [0.5, 0.6) is 0 Å². The van der Waals surface area contributed by atoms with Crippen LogP contribution in [0, 0.1) is 5.82 Å². The van der Waals surface area contributed by atoms with Crippen LogP contribution in [-0.4, -0.2) is 28.9 Å². The van der Waals surface area contributed by atoms with Gasteiger partial charge in [0.15, 0.2) is 0 Å². The number of halogens is 1. The maximum absolute atomic E-state index is 13.7. The van der Waals surface area contributed by atoms with Crippen LogP contribution in [0.3, 0.4) is 0 Å². The minimum absolute atomic E-state index is 0.0105. The number of nitrogens with zero attached hydrogens (tertiary/aromatic N) is 2. The molecule has 1 aliphatic carbocycles. The molecule has 0 bridgehead atoms. The number of nitrogens with one attached hydrogen (secondary N) is 1. The number of rotatable bonds is 3. The predicted molar refractivity (Wildman–Crippen MR) is 92.0 cm³/mol. The standard InChI is InChI=1S/C19H20FN3O3/c1-23(10-16-12-4-2-3-5-17(12)26-22-16)19(25)14-9-18(24)21-15-7-6-11(20)8-13(14)15/h6-8,14H,2-5,9-10H2,1H3,(H,21,24). The van der Waals surface area contributed by atoms with Crippen molar-refractivity contribution in [2.75, 3.05) is 12.4 Å². The molecule has 0 radical (unpaired) electrons. The Morgan fingerprint density at radius 2 is 2.19 bits per heavy atom. The molecule has 7 heteroatoms. The van der Waals surface area contributed by atoms with Crippen molar-refractivity contribution >= 4 is 17.5 Å². The molecule has 2 heterocycles. The summed E-state index contributed by atoms with van der Waals surface area (Å²) in [6.07, 6.45) is 3.99. The summed E-state index contributed by atoms with van der Waals surface area (Å²) in [7, 11) is 1.68. The molecule has 1 aromatic heterocycles. The summed E-state index contributed by atoms with van der Waals surface area (Å²) in [6, 6.07) is 4.09. The summed E-state index contributed by atoms with van der Waals surface area (Å²) >= 11 is 0. The zero-order valence-electron chi connectivity index (χ0n) is 14.5. The van der Waals surface area contributed by atoms with Gasteiger partial charge in [-0.3, -0.25) is 9.59 Å². The number of carbonyl (C=O) groups excluding carboxylic acids is 2. The van der Waals surface area contributed by atoms with E-state index in [2.05, 4.69) is 10.5 Å². The number of likely N-dealkylation sites (N-methyl/N-ethyl adjacent to an activating group) is 1. The van der Waals surface area contributed by atoms with Gasteiger partial charge in [0.2, 0.25) is 11.8 Å². The fourth-order valence-electron chi connectivity index (χ4n) is 3.79. The Labute approximate surface area is 150 Å². The van der Waals surface area contributed by atoms with Gasteiger partial charge in [0.1, 0.15) is 17.3 Å². The van der Waals surface area contributed by atoms with Crippen LogP contribution in [0.25, 0.3) is 0 Å². The van der Waals surface area contributed by atoms with E-state index in [4.69, 9.17) is 4.52 Å². The van der Waals surface area contributed by atoms with Gasteiger partial charge in [-0.05, 0) is 43.0 Å². The van der Waals surface area contributed by atoms with E-state index < -0.39 is 11.7 Å². The van der Waals surface area contributed by atoms with E-state index >= 15 is 0 Å². The first kappa shape index (κ1) is 16.8. The highest BCUT2D eigenvalue weighted by atomic mass is 19.1. The summed E-state index contributed by atoms with van der Waals surface area (Å²) in [5.41, 5.74) is 2.89. The van der Waals surface area contributed by atoms with Gasteiger partial charge in [-0.25, -0.2) is 4.39 Å². The molecule has 1 aliphatic heterocycles. The highest BCUT2D eigenvalue weighted by Crippen LogP contribution is 2.34. The first-order valence-electron chi connectivity index (χ1n) is 8.83. The third kappa shape index (κ3) is 2.98. The smallest absolute Gasteiger partial charge is 0.230 e. The van der Waals surface area contributed by atoms with Crippen molar-refractivity contribution in [2.45, 2.75) is 44.6 Å². The number of hydrogen-bond donors (Lipinski definition) is 1. The van der Waals surface area contributed by atoms with E-state index in [9.17, 15) is 14.0 Å². The Hall–Kier alpha value is -2.70. The summed E-state index contributed by atoms with van der Waals surface area (Å²) in [5, 5.41) is 6.82. The first-order valence-corrected chi connectivity index (χ1v) is 8.83. The first-order chi connectivity index (χ1) is 12.5. The lowest BCUT2D eigenvalue weighted by molar-refractivity contribution is -0.134. The number of aryl methyl sites for hydroxylation is 1. The molecule has 26 heavy (non-hydrogen) atoms. The topological polar surface area (TPSA) is 75.4 Å². The molecule has 2 amide bonds. The molecule has 1 N–H and O–H groups in total. The molecule has 4 rings (SSSR count). The number of benzene rings is 1. The van der Waals surface area contributed by atoms with Crippen LogP contribution >= 0.6 is 0 Å². The Bertz CT molecular complexity index is 877. The molecule has 0 saturated carbocycles. The summed E-state index contributed by atoms with van der Waals surface area (Å²) in [4.78, 5) is 26.5. The van der Waals surface area contributed by atoms with E-state index in [1.165, 1.54) is 18.2 Å². The Balaban J connectivity index is 1.57. The highest BCUT2D eigenvalue weighted by Gasteiger charge is 2.33. The van der Waals surface area contributed by atoms with Crippen LogP contribution in [0.2, 0.25) is 0 Å². The Morgan fingerprint density at radius 1 is 1.38 bits per heavy atom. The second-order valence-electron chi connectivity index (χ2n) is 6.97. The van der Waals surface area contributed by atoms with Gasteiger partial charge in [0, 0.05) is 31.1 Å². The average Bonchev–Trinajstić information content (AvgIpc) is 3.04. The van der Waals surface area contributed by atoms with Crippen molar-refractivity contribution in [1.82, 2.24) is 10.1 Å². The number of fused-ring (bicyclic) bond motifs is 2. The summed E-state index contributed by atoms with van der Waals surface area (Å²) < 4.78 is 19.1. The van der Waals surface area contributed by atoms with E-state index in [1.807, 2.05) is 0 Å². The Morgan fingerprint density at radius 3 is 3.04 bits per heavy atom. The van der Waals surface area contributed by atoms with Crippen LogP contribution < -0.4 is 5.32 Å². The number of amides is 2. The lowest BCUT2D eigenvalue weighted by atomic mass is 9.89. The third-order valence-corrected chi connectivity index (χ3v) is 5.15. The normalized spacial score (nSPS) is 18.7. The fraction of sp³-hybridized carbons (Fsp3) is 0.421. The maximum Gasteiger partial charge on any atom is 0.230 e. The monoisotopic (exact) mass is 357 g/mol. The van der Waals surface area contributed by atoms with Crippen molar-refractivity contribution in [3.05, 3.63) is 46.6 Å². The molecule has 6 nitrogen and oxygen atoms in total. The van der Waals surface area contributed by atoms with Crippen LogP contribution in [-0.2, 0) is 29.0 Å². The van der Waals surface area contributed by atoms with Crippen molar-refractivity contribution in [1.29, 1.82) is 0 Å². The largest absolute Gasteiger partial charge is 0.361 e. The second-order valence-corrected chi connectivity index (χ2v) is 6.97. The molecule has 0 spiro atoms. The summed E-state index contributed by atoms with van der Waals surface area (Å²) in [5.74, 6) is -0.668. The number of aromatic nitrogens is 1. The van der Waals surface area contributed by atoms with Gasteiger partial charge in [0.05, 0.1) is 12.5 Å². The van der Waals surface area contributed by atoms with Crippen molar-refractivity contribution in [3.8, 4) is 0 Å². The van der Waals surface area contributed by atoms with Gasteiger partial charge in [-0.15, -0.1) is 0 Å². The van der Waals surface area contributed by atoms with E-state index in [1.54, 1.807) is 11.9 Å². The van der Waals surface area contributed by atoms with Crippen molar-refractivity contribution < 1.29 is 18.5 Å². The summed E-state index contributed by atoms with van der Waals surface area (Å²) in [6.45, 7) is 0.320. The second kappa shape index (κ2) is 6.55. The lowest BCUT2D eigenvalue weighted by Gasteiger charge is -2.28. The van der Waals surface area contributed by atoms with E-state index in [0.717, 1.165) is 42.7 Å². The molecule has 1 atom stereocenters. The van der Waals surface area contributed by atoms with Gasteiger partial charge in [0.25, 0.3) is 0 Å². The molecular formula is C19H20FN3O3. The minimum atomic E-state index is -0.692. The average molecular weight is 357 g/mol. The third-order valence-electron chi connectivity index (χ3n) is 5.15. The van der Waals surface area contributed by atoms with Gasteiger partial charge < -0.3 is 14.7 Å². The zero-order valence-corrected chi connectivity index (χ0v) is 14.5. The van der Waals surface area contributed by atoms with Crippen molar-refractivity contribution in [3.63, 3.8) is 0 Å². The molecule has 0 fully saturated rings. The highest BCUT2D eigenvalue weighted by molar-refractivity contribution is 6.01. The quantitative estimate of drug-likeness (QED) is 0.916. The van der Waals surface area contributed by atoms with Crippen LogP contribution in [0.15, 0.2) is 22.7 Å². The molecular weight excluding hydrogens is 337 g/mol. The lowest BCUT2D eigenvalue weighted by Crippen LogP contribution is -2.36. The van der Waals surface area contributed by atoms with Crippen LogP contribution in [0.4, 0.5) is 10.1 Å². The SMILES string of the molecule is CN(Cc1noc2c1CCCC2)C(=O)C1CC(=O)Nc2ccc(F)cc21. The van der Waals surface area contributed by atoms with Gasteiger partial charge >= 0.3 is 0 Å². The minimum Gasteiger partial charge on any atom is -0.361 e.